The number of halogens is 3. The molecule has 1 aliphatic rings. The van der Waals surface area contributed by atoms with Crippen molar-refractivity contribution in [2.45, 2.75) is 44.8 Å². The summed E-state index contributed by atoms with van der Waals surface area (Å²) in [6.45, 7) is 2.50. The second-order valence-corrected chi connectivity index (χ2v) is 6.17. The molecule has 0 bridgehead atoms. The van der Waals surface area contributed by atoms with Gasteiger partial charge in [-0.15, -0.1) is 0 Å². The highest BCUT2D eigenvalue weighted by atomic mass is 19.4. The van der Waals surface area contributed by atoms with Gasteiger partial charge in [-0.3, -0.25) is 4.79 Å². The Hall–Kier alpha value is -2.38. The average molecular weight is 353 g/mol. The zero-order valence-electron chi connectivity index (χ0n) is 13.7. The van der Waals surface area contributed by atoms with Crippen molar-refractivity contribution in [1.82, 2.24) is 15.0 Å². The zero-order valence-corrected chi connectivity index (χ0v) is 13.7. The van der Waals surface area contributed by atoms with Crippen LogP contribution in [0.2, 0.25) is 0 Å². The molecule has 5 nitrogen and oxygen atoms in total. The van der Waals surface area contributed by atoms with Crippen molar-refractivity contribution in [2.75, 3.05) is 6.54 Å². The summed E-state index contributed by atoms with van der Waals surface area (Å²) >= 11 is 0. The van der Waals surface area contributed by atoms with Crippen LogP contribution in [0.25, 0.3) is 0 Å². The monoisotopic (exact) mass is 353 g/mol. The number of hydrogen-bond acceptors (Lipinski definition) is 4. The molecule has 1 fully saturated rings. The maximum atomic E-state index is 12.8. The van der Waals surface area contributed by atoms with Crippen LogP contribution in [0.4, 0.5) is 13.2 Å². The van der Waals surface area contributed by atoms with Crippen molar-refractivity contribution < 1.29 is 22.5 Å². The van der Waals surface area contributed by atoms with Crippen molar-refractivity contribution >= 4 is 5.91 Å². The second kappa shape index (κ2) is 6.85. The van der Waals surface area contributed by atoms with Gasteiger partial charge in [0.2, 0.25) is 11.8 Å². The predicted molar refractivity (Wildman–Crippen MR) is 82.5 cm³/mol. The first-order valence-electron chi connectivity index (χ1n) is 8.13. The minimum atomic E-state index is -4.40. The molecule has 8 heteroatoms. The lowest BCUT2D eigenvalue weighted by molar-refractivity contribution is -0.137. The van der Waals surface area contributed by atoms with Gasteiger partial charge in [0.25, 0.3) is 0 Å². The summed E-state index contributed by atoms with van der Waals surface area (Å²) in [6, 6.07) is 5.03. The molecule has 0 spiro atoms. The Bertz CT molecular complexity index is 758. The molecule has 0 aliphatic carbocycles. The molecular weight excluding hydrogens is 335 g/mol. The van der Waals surface area contributed by atoms with Crippen LogP contribution >= 0.6 is 0 Å². The molecule has 0 saturated carbocycles. The van der Waals surface area contributed by atoms with Gasteiger partial charge in [-0.1, -0.05) is 24.2 Å². The number of aromatic nitrogens is 2. The molecule has 1 aliphatic heterocycles. The van der Waals surface area contributed by atoms with Crippen LogP contribution in [-0.2, 0) is 23.9 Å². The maximum absolute atomic E-state index is 12.8. The Morgan fingerprint density at radius 3 is 2.88 bits per heavy atom. The third-order valence-electron chi connectivity index (χ3n) is 4.15. The van der Waals surface area contributed by atoms with Crippen LogP contribution in [0.1, 0.15) is 48.5 Å². The Morgan fingerprint density at radius 1 is 1.36 bits per heavy atom. The fraction of sp³-hybridized carbons (Fsp3) is 0.471. The summed E-state index contributed by atoms with van der Waals surface area (Å²) < 4.78 is 43.6. The van der Waals surface area contributed by atoms with Crippen molar-refractivity contribution in [3.05, 3.63) is 47.1 Å². The molecule has 0 N–H and O–H groups in total. The van der Waals surface area contributed by atoms with Crippen molar-refractivity contribution in [3.63, 3.8) is 0 Å². The lowest BCUT2D eigenvalue weighted by Crippen LogP contribution is -2.24. The van der Waals surface area contributed by atoms with E-state index in [1.54, 1.807) is 6.07 Å². The number of benzene rings is 1. The minimum Gasteiger partial charge on any atom is -0.339 e. The van der Waals surface area contributed by atoms with Crippen LogP contribution in [0, 0.1) is 0 Å². The molecule has 2 heterocycles. The fourth-order valence-electron chi connectivity index (χ4n) is 2.92. The van der Waals surface area contributed by atoms with Gasteiger partial charge in [0.15, 0.2) is 5.82 Å². The number of rotatable bonds is 5. The van der Waals surface area contributed by atoms with Crippen LogP contribution in [-0.4, -0.2) is 27.5 Å². The van der Waals surface area contributed by atoms with E-state index in [-0.39, 0.29) is 24.8 Å². The summed E-state index contributed by atoms with van der Waals surface area (Å²) in [5, 5.41) is 3.88. The Kier molecular flexibility index (Phi) is 4.78. The van der Waals surface area contributed by atoms with Gasteiger partial charge < -0.3 is 9.42 Å². The molecule has 1 aromatic carbocycles. The second-order valence-electron chi connectivity index (χ2n) is 6.17. The largest absolute Gasteiger partial charge is 0.416 e. The number of nitrogens with zero attached hydrogens (tertiary/aromatic N) is 3. The van der Waals surface area contributed by atoms with Gasteiger partial charge in [-0.25, -0.2) is 0 Å². The molecule has 3 rings (SSSR count). The maximum Gasteiger partial charge on any atom is 0.416 e. The topological polar surface area (TPSA) is 59.2 Å². The van der Waals surface area contributed by atoms with Crippen molar-refractivity contribution in [2.24, 2.45) is 0 Å². The molecule has 1 amide bonds. The number of alkyl halides is 3. The molecule has 1 aromatic heterocycles. The molecule has 0 radical (unpaired) electrons. The van der Waals surface area contributed by atoms with Crippen LogP contribution in [0.5, 0.6) is 0 Å². The van der Waals surface area contributed by atoms with E-state index in [1.807, 2.05) is 6.92 Å². The quantitative estimate of drug-likeness (QED) is 0.825. The van der Waals surface area contributed by atoms with E-state index in [1.165, 1.54) is 11.0 Å². The molecule has 1 atom stereocenters. The van der Waals surface area contributed by atoms with Crippen LogP contribution in [0.3, 0.4) is 0 Å². The van der Waals surface area contributed by atoms with E-state index in [9.17, 15) is 18.0 Å². The first-order valence-corrected chi connectivity index (χ1v) is 8.13. The lowest BCUT2D eigenvalue weighted by atomic mass is 10.1. The molecule has 1 saturated heterocycles. The number of amides is 1. The summed E-state index contributed by atoms with van der Waals surface area (Å²) in [5.74, 6) is 0.693. The third kappa shape index (κ3) is 4.00. The first kappa shape index (κ1) is 17.4. The minimum absolute atomic E-state index is 0.127. The zero-order chi connectivity index (χ0) is 18.0. The highest BCUT2D eigenvalue weighted by Gasteiger charge is 2.35. The number of carbonyl (C=O) groups excluding carboxylic acids is 1. The molecule has 1 unspecified atom stereocenters. The molecule has 134 valence electrons. The summed E-state index contributed by atoms with van der Waals surface area (Å²) in [5.41, 5.74) is -0.268. The third-order valence-corrected chi connectivity index (χ3v) is 4.15. The average Bonchev–Trinajstić information content (AvgIpc) is 3.15. The van der Waals surface area contributed by atoms with Gasteiger partial charge in [0.05, 0.1) is 11.5 Å². The SMILES string of the molecule is CCCc1noc(C2CC(=O)N(Cc3cccc(C(F)(F)F)c3)C2)n1. The van der Waals surface area contributed by atoms with Gasteiger partial charge >= 0.3 is 6.18 Å². The standard InChI is InChI=1S/C17H18F3N3O2/c1-2-4-14-21-16(25-22-14)12-8-15(24)23(10-12)9-11-5-3-6-13(7-11)17(18,19)20/h3,5-7,12H,2,4,8-10H2,1H3. The summed E-state index contributed by atoms with van der Waals surface area (Å²) in [4.78, 5) is 18.0. The smallest absolute Gasteiger partial charge is 0.339 e. The predicted octanol–water partition coefficient (Wildman–Crippen LogP) is 3.56. The Labute approximate surface area is 142 Å². The summed E-state index contributed by atoms with van der Waals surface area (Å²) in [7, 11) is 0. The normalized spacial score (nSPS) is 18.2. The number of aryl methyl sites for hydroxylation is 1. The van der Waals surface area contributed by atoms with E-state index in [0.29, 0.717) is 30.2 Å². The van der Waals surface area contributed by atoms with E-state index < -0.39 is 11.7 Å². The van der Waals surface area contributed by atoms with E-state index in [2.05, 4.69) is 10.1 Å². The van der Waals surface area contributed by atoms with E-state index in [4.69, 9.17) is 4.52 Å². The molecular formula is C17H18F3N3O2. The number of likely N-dealkylation sites (tertiary alicyclic amines) is 1. The summed E-state index contributed by atoms with van der Waals surface area (Å²) in [6.07, 6.45) is -2.57. The highest BCUT2D eigenvalue weighted by molar-refractivity contribution is 5.79. The van der Waals surface area contributed by atoms with E-state index in [0.717, 1.165) is 18.6 Å². The van der Waals surface area contributed by atoms with E-state index >= 15 is 0 Å². The fourth-order valence-corrected chi connectivity index (χ4v) is 2.92. The highest BCUT2D eigenvalue weighted by Crippen LogP contribution is 2.31. The van der Waals surface area contributed by atoms with Crippen molar-refractivity contribution in [1.29, 1.82) is 0 Å². The number of carbonyl (C=O) groups is 1. The Balaban J connectivity index is 1.69. The van der Waals surface area contributed by atoms with Crippen molar-refractivity contribution in [3.8, 4) is 0 Å². The number of hydrogen-bond donors (Lipinski definition) is 0. The van der Waals surface area contributed by atoms with Crippen LogP contribution < -0.4 is 0 Å². The first-order chi connectivity index (χ1) is 11.9. The lowest BCUT2D eigenvalue weighted by Gasteiger charge is -2.17. The van der Waals surface area contributed by atoms with Gasteiger partial charge in [-0.05, 0) is 24.1 Å². The van der Waals surface area contributed by atoms with Gasteiger partial charge in [-0.2, -0.15) is 18.2 Å². The molecule has 25 heavy (non-hydrogen) atoms. The van der Waals surface area contributed by atoms with Gasteiger partial charge in [0, 0.05) is 25.9 Å². The van der Waals surface area contributed by atoms with Crippen LogP contribution in [0.15, 0.2) is 28.8 Å². The van der Waals surface area contributed by atoms with Gasteiger partial charge in [0.1, 0.15) is 0 Å². The Morgan fingerprint density at radius 2 is 2.16 bits per heavy atom. The molecule has 2 aromatic rings.